The Morgan fingerprint density at radius 1 is 1.50 bits per heavy atom. The summed E-state index contributed by atoms with van der Waals surface area (Å²) < 4.78 is 0.899. The molecule has 0 aromatic heterocycles. The van der Waals surface area contributed by atoms with Crippen LogP contribution in [0.25, 0.3) is 0 Å². The van der Waals surface area contributed by atoms with Crippen LogP contribution >= 0.6 is 15.9 Å². The summed E-state index contributed by atoms with van der Waals surface area (Å²) in [6.45, 7) is 1.77. The summed E-state index contributed by atoms with van der Waals surface area (Å²) in [6.07, 6.45) is 8.18. The van der Waals surface area contributed by atoms with Crippen LogP contribution in [-0.2, 0) is 10.2 Å². The molecule has 18 heavy (non-hydrogen) atoms. The molecule has 0 aliphatic carbocycles. The van der Waals surface area contributed by atoms with Gasteiger partial charge in [-0.05, 0) is 37.5 Å². The van der Waals surface area contributed by atoms with Crippen molar-refractivity contribution >= 4 is 21.9 Å². The highest BCUT2D eigenvalue weighted by Gasteiger charge is 2.34. The molecule has 1 N–H and O–H groups in total. The largest absolute Gasteiger partial charge is 0.481 e. The summed E-state index contributed by atoms with van der Waals surface area (Å²) in [6, 6.07) is 7.49. The molecule has 1 aromatic rings. The number of carboxylic acids is 1. The Balaban J connectivity index is 2.87. The van der Waals surface area contributed by atoms with E-state index in [-0.39, 0.29) is 0 Å². The summed E-state index contributed by atoms with van der Waals surface area (Å²) in [5, 5.41) is 9.48. The molecular formula is C15H17BrO2. The highest BCUT2D eigenvalue weighted by molar-refractivity contribution is 9.10. The Hall–Kier alpha value is -1.27. The molecule has 0 bridgehead atoms. The van der Waals surface area contributed by atoms with Gasteiger partial charge >= 0.3 is 5.97 Å². The quantitative estimate of drug-likeness (QED) is 0.637. The van der Waals surface area contributed by atoms with Crippen LogP contribution < -0.4 is 0 Å². The van der Waals surface area contributed by atoms with Gasteiger partial charge in [0.05, 0.1) is 5.41 Å². The summed E-state index contributed by atoms with van der Waals surface area (Å²) in [7, 11) is 0. The van der Waals surface area contributed by atoms with E-state index in [0.29, 0.717) is 12.8 Å². The van der Waals surface area contributed by atoms with Crippen LogP contribution in [0.2, 0.25) is 0 Å². The van der Waals surface area contributed by atoms with E-state index in [4.69, 9.17) is 6.42 Å². The molecular weight excluding hydrogens is 292 g/mol. The van der Waals surface area contributed by atoms with E-state index in [1.54, 1.807) is 6.92 Å². The number of terminal acetylenes is 1. The number of rotatable bonds is 6. The van der Waals surface area contributed by atoms with Crippen molar-refractivity contribution in [1.29, 1.82) is 0 Å². The predicted octanol–water partition coefficient (Wildman–Crippen LogP) is 3.99. The van der Waals surface area contributed by atoms with E-state index in [1.807, 2.05) is 24.3 Å². The zero-order valence-corrected chi connectivity index (χ0v) is 12.0. The minimum Gasteiger partial charge on any atom is -0.481 e. The topological polar surface area (TPSA) is 37.3 Å². The van der Waals surface area contributed by atoms with Crippen molar-refractivity contribution in [2.75, 3.05) is 0 Å². The maximum Gasteiger partial charge on any atom is 0.313 e. The average molecular weight is 309 g/mol. The second kappa shape index (κ2) is 6.61. The van der Waals surface area contributed by atoms with Crippen molar-refractivity contribution in [3.63, 3.8) is 0 Å². The Bertz CT molecular complexity index is 462. The fourth-order valence-corrected chi connectivity index (χ4v) is 2.31. The molecule has 0 saturated heterocycles. The van der Waals surface area contributed by atoms with Crippen LogP contribution in [0.1, 0.15) is 38.2 Å². The molecule has 3 heteroatoms. The van der Waals surface area contributed by atoms with E-state index in [1.165, 1.54) is 0 Å². The first kappa shape index (κ1) is 14.8. The molecule has 1 rings (SSSR count). The first-order valence-corrected chi connectivity index (χ1v) is 6.73. The minimum atomic E-state index is -0.849. The van der Waals surface area contributed by atoms with Gasteiger partial charge in [-0.1, -0.05) is 34.5 Å². The van der Waals surface area contributed by atoms with Crippen LogP contribution in [0.15, 0.2) is 28.7 Å². The van der Waals surface area contributed by atoms with Crippen molar-refractivity contribution in [2.45, 2.75) is 38.0 Å². The van der Waals surface area contributed by atoms with Crippen molar-refractivity contribution in [1.82, 2.24) is 0 Å². The SMILES string of the molecule is C#CCCCCC(C)(C(=O)O)c1cccc(Br)c1. The summed E-state index contributed by atoms with van der Waals surface area (Å²) >= 11 is 3.38. The third kappa shape index (κ3) is 3.61. The van der Waals surface area contributed by atoms with Gasteiger partial charge in [0.15, 0.2) is 0 Å². The van der Waals surface area contributed by atoms with Gasteiger partial charge in [-0.15, -0.1) is 12.3 Å². The third-order valence-corrected chi connectivity index (χ3v) is 3.67. The lowest BCUT2D eigenvalue weighted by Gasteiger charge is -2.25. The summed E-state index contributed by atoms with van der Waals surface area (Å²) in [5.41, 5.74) is -0.0247. The van der Waals surface area contributed by atoms with Gasteiger partial charge in [0, 0.05) is 10.9 Å². The number of carboxylic acid groups (broad SMARTS) is 1. The normalized spacial score (nSPS) is 13.6. The van der Waals surface area contributed by atoms with Crippen molar-refractivity contribution in [3.8, 4) is 12.3 Å². The molecule has 0 aliphatic rings. The van der Waals surface area contributed by atoms with Crippen LogP contribution in [0, 0.1) is 12.3 Å². The smallest absolute Gasteiger partial charge is 0.313 e. The number of aliphatic carboxylic acids is 1. The zero-order valence-electron chi connectivity index (χ0n) is 10.4. The van der Waals surface area contributed by atoms with E-state index in [9.17, 15) is 9.90 Å². The number of carbonyl (C=O) groups is 1. The zero-order chi connectivity index (χ0) is 13.6. The highest BCUT2D eigenvalue weighted by Crippen LogP contribution is 2.31. The first-order chi connectivity index (χ1) is 8.50. The lowest BCUT2D eigenvalue weighted by atomic mass is 9.78. The fraction of sp³-hybridized carbons (Fsp3) is 0.400. The number of halogens is 1. The van der Waals surface area contributed by atoms with Gasteiger partial charge < -0.3 is 5.11 Å². The van der Waals surface area contributed by atoms with Crippen LogP contribution in [0.3, 0.4) is 0 Å². The Morgan fingerprint density at radius 3 is 2.78 bits per heavy atom. The molecule has 1 unspecified atom stereocenters. The molecule has 1 atom stereocenters. The lowest BCUT2D eigenvalue weighted by molar-refractivity contribution is -0.143. The second-order valence-electron chi connectivity index (χ2n) is 4.56. The van der Waals surface area contributed by atoms with Gasteiger partial charge in [0.25, 0.3) is 0 Å². The van der Waals surface area contributed by atoms with E-state index < -0.39 is 11.4 Å². The second-order valence-corrected chi connectivity index (χ2v) is 5.47. The van der Waals surface area contributed by atoms with Gasteiger partial charge in [0.1, 0.15) is 0 Å². The number of unbranched alkanes of at least 4 members (excludes halogenated alkanes) is 2. The molecule has 1 aromatic carbocycles. The molecule has 0 spiro atoms. The summed E-state index contributed by atoms with van der Waals surface area (Å²) in [5.74, 6) is 1.79. The van der Waals surface area contributed by atoms with Gasteiger partial charge in [-0.3, -0.25) is 4.79 Å². The minimum absolute atomic E-state index is 0.598. The Kier molecular flexibility index (Phi) is 5.43. The Morgan fingerprint density at radius 2 is 2.22 bits per heavy atom. The molecule has 0 radical (unpaired) electrons. The highest BCUT2D eigenvalue weighted by atomic mass is 79.9. The first-order valence-electron chi connectivity index (χ1n) is 5.93. The van der Waals surface area contributed by atoms with Gasteiger partial charge in [0.2, 0.25) is 0 Å². The molecule has 0 heterocycles. The van der Waals surface area contributed by atoms with Crippen molar-refractivity contribution < 1.29 is 9.90 Å². The number of hydrogen-bond donors (Lipinski definition) is 1. The van der Waals surface area contributed by atoms with E-state index >= 15 is 0 Å². The standard InChI is InChI=1S/C15H17BrO2/c1-3-4-5-6-10-15(2,14(17)18)12-8-7-9-13(16)11-12/h1,7-9,11H,4-6,10H2,2H3,(H,17,18). The van der Waals surface area contributed by atoms with Gasteiger partial charge in [-0.2, -0.15) is 0 Å². The monoisotopic (exact) mass is 308 g/mol. The molecule has 96 valence electrons. The maximum absolute atomic E-state index is 11.5. The van der Waals surface area contributed by atoms with Crippen LogP contribution in [0.5, 0.6) is 0 Å². The maximum atomic E-state index is 11.5. The number of hydrogen-bond acceptors (Lipinski definition) is 1. The molecule has 2 nitrogen and oxygen atoms in total. The Labute approximate surface area is 117 Å². The molecule has 0 amide bonds. The van der Waals surface area contributed by atoms with Crippen LogP contribution in [0.4, 0.5) is 0 Å². The third-order valence-electron chi connectivity index (χ3n) is 3.18. The predicted molar refractivity (Wildman–Crippen MR) is 76.4 cm³/mol. The molecule has 0 fully saturated rings. The van der Waals surface area contributed by atoms with Crippen molar-refractivity contribution in [3.05, 3.63) is 34.3 Å². The van der Waals surface area contributed by atoms with E-state index in [0.717, 1.165) is 22.9 Å². The molecule has 0 aliphatic heterocycles. The van der Waals surface area contributed by atoms with Gasteiger partial charge in [-0.25, -0.2) is 0 Å². The number of benzene rings is 1. The molecule has 0 saturated carbocycles. The van der Waals surface area contributed by atoms with Crippen LogP contribution in [-0.4, -0.2) is 11.1 Å². The lowest BCUT2D eigenvalue weighted by Crippen LogP contribution is -2.32. The summed E-state index contributed by atoms with van der Waals surface area (Å²) in [4.78, 5) is 11.5. The van der Waals surface area contributed by atoms with E-state index in [2.05, 4.69) is 21.9 Å². The average Bonchev–Trinajstić information content (AvgIpc) is 2.34. The van der Waals surface area contributed by atoms with Crippen molar-refractivity contribution in [2.24, 2.45) is 0 Å². The fourth-order valence-electron chi connectivity index (χ4n) is 1.91.